The van der Waals surface area contributed by atoms with E-state index >= 15 is 0 Å². The maximum absolute atomic E-state index is 12.3. The summed E-state index contributed by atoms with van der Waals surface area (Å²) in [4.78, 5) is 21.5. The number of ether oxygens (including phenoxy) is 1. The SMILES string of the molecule is CCOc1cc2ncc(C(N)=O)c(Nc3cccc(Cl)c3C)c2cc1N1CCCN(C)CC1. The summed E-state index contributed by atoms with van der Waals surface area (Å²) < 4.78 is 6.01. The van der Waals surface area contributed by atoms with Gasteiger partial charge in [-0.3, -0.25) is 9.78 Å². The van der Waals surface area contributed by atoms with Crippen molar-refractivity contribution in [1.82, 2.24) is 9.88 Å². The van der Waals surface area contributed by atoms with Gasteiger partial charge in [-0.15, -0.1) is 0 Å². The average Bonchev–Trinajstić information content (AvgIpc) is 3.01. The second-order valence-corrected chi connectivity index (χ2v) is 8.77. The molecule has 1 saturated heterocycles. The van der Waals surface area contributed by atoms with Crippen LogP contribution in [0.5, 0.6) is 5.75 Å². The highest BCUT2D eigenvalue weighted by Crippen LogP contribution is 2.39. The number of hydrogen-bond acceptors (Lipinski definition) is 6. The highest BCUT2D eigenvalue weighted by atomic mass is 35.5. The van der Waals surface area contributed by atoms with Gasteiger partial charge in [-0.05, 0) is 57.6 Å². The number of likely N-dealkylation sites (N-methyl/N-ethyl adjacent to an activating group) is 1. The number of halogens is 1. The predicted octanol–water partition coefficient (Wildman–Crippen LogP) is 4.58. The first-order valence-electron chi connectivity index (χ1n) is 11.2. The molecule has 174 valence electrons. The molecule has 1 aromatic heterocycles. The molecule has 3 aromatic rings. The van der Waals surface area contributed by atoms with Crippen LogP contribution < -0.4 is 20.7 Å². The molecule has 0 aliphatic carbocycles. The summed E-state index contributed by atoms with van der Waals surface area (Å²) in [5.74, 6) is 0.247. The van der Waals surface area contributed by atoms with Gasteiger partial charge >= 0.3 is 0 Å². The van der Waals surface area contributed by atoms with Gasteiger partial charge in [0, 0.05) is 48.0 Å². The Kier molecular flexibility index (Phi) is 6.91. The van der Waals surface area contributed by atoms with Crippen LogP contribution >= 0.6 is 11.6 Å². The first-order chi connectivity index (χ1) is 15.9. The van der Waals surface area contributed by atoms with Crippen LogP contribution in [0.15, 0.2) is 36.5 Å². The topological polar surface area (TPSA) is 83.7 Å². The fraction of sp³-hybridized carbons (Fsp3) is 0.360. The lowest BCUT2D eigenvalue weighted by atomic mass is 10.1. The zero-order valence-electron chi connectivity index (χ0n) is 19.3. The number of anilines is 3. The number of hydrogen-bond donors (Lipinski definition) is 2. The average molecular weight is 468 g/mol. The Hall–Kier alpha value is -3.03. The van der Waals surface area contributed by atoms with Crippen LogP contribution in [-0.2, 0) is 0 Å². The van der Waals surface area contributed by atoms with Crippen molar-refractivity contribution < 1.29 is 9.53 Å². The van der Waals surface area contributed by atoms with E-state index < -0.39 is 5.91 Å². The number of amides is 1. The van der Waals surface area contributed by atoms with E-state index in [2.05, 4.69) is 33.2 Å². The largest absolute Gasteiger partial charge is 0.492 e. The van der Waals surface area contributed by atoms with Crippen LogP contribution in [0.3, 0.4) is 0 Å². The van der Waals surface area contributed by atoms with Gasteiger partial charge in [0.1, 0.15) is 5.75 Å². The summed E-state index contributed by atoms with van der Waals surface area (Å²) in [7, 11) is 2.14. The van der Waals surface area contributed by atoms with Crippen LogP contribution in [0.25, 0.3) is 10.9 Å². The maximum Gasteiger partial charge on any atom is 0.252 e. The number of benzene rings is 2. The lowest BCUT2D eigenvalue weighted by molar-refractivity contribution is 0.100. The van der Waals surface area contributed by atoms with Gasteiger partial charge in [0.2, 0.25) is 0 Å². The highest BCUT2D eigenvalue weighted by Gasteiger charge is 2.21. The summed E-state index contributed by atoms with van der Waals surface area (Å²) in [5.41, 5.74) is 10.1. The summed E-state index contributed by atoms with van der Waals surface area (Å²) >= 11 is 6.34. The van der Waals surface area contributed by atoms with Crippen LogP contribution in [0.4, 0.5) is 17.1 Å². The third-order valence-electron chi connectivity index (χ3n) is 6.10. The first-order valence-corrected chi connectivity index (χ1v) is 11.6. The number of aromatic nitrogens is 1. The summed E-state index contributed by atoms with van der Waals surface area (Å²) in [6.07, 6.45) is 2.58. The van der Waals surface area contributed by atoms with Crippen molar-refractivity contribution in [2.75, 3.05) is 50.1 Å². The first kappa shape index (κ1) is 23.1. The van der Waals surface area contributed by atoms with Gasteiger partial charge in [-0.25, -0.2) is 0 Å². The molecule has 2 heterocycles. The molecular weight excluding hydrogens is 438 g/mol. The fourth-order valence-electron chi connectivity index (χ4n) is 4.21. The van der Waals surface area contributed by atoms with Gasteiger partial charge in [-0.2, -0.15) is 0 Å². The monoisotopic (exact) mass is 467 g/mol. The fourth-order valence-corrected chi connectivity index (χ4v) is 4.39. The van der Waals surface area contributed by atoms with E-state index in [-0.39, 0.29) is 0 Å². The number of nitrogens with zero attached hydrogens (tertiary/aromatic N) is 3. The van der Waals surface area contributed by atoms with Crippen LogP contribution in [0, 0.1) is 6.92 Å². The molecule has 2 aromatic carbocycles. The van der Waals surface area contributed by atoms with Crippen molar-refractivity contribution in [3.63, 3.8) is 0 Å². The maximum atomic E-state index is 12.3. The lowest BCUT2D eigenvalue weighted by Crippen LogP contribution is -2.29. The lowest BCUT2D eigenvalue weighted by Gasteiger charge is -2.26. The molecule has 3 N–H and O–H groups in total. The van der Waals surface area contributed by atoms with Gasteiger partial charge in [0.15, 0.2) is 0 Å². The molecule has 0 saturated carbocycles. The molecular formula is C25H30ClN5O2. The molecule has 1 amide bonds. The number of carbonyl (C=O) groups is 1. The number of nitrogens with one attached hydrogen (secondary N) is 1. The van der Waals surface area contributed by atoms with E-state index in [1.807, 2.05) is 38.1 Å². The van der Waals surface area contributed by atoms with E-state index in [0.29, 0.717) is 22.9 Å². The molecule has 1 aliphatic heterocycles. The highest BCUT2D eigenvalue weighted by molar-refractivity contribution is 6.31. The molecule has 8 heteroatoms. The van der Waals surface area contributed by atoms with Gasteiger partial charge in [0.25, 0.3) is 5.91 Å². The second-order valence-electron chi connectivity index (χ2n) is 8.36. The Morgan fingerprint density at radius 1 is 1.24 bits per heavy atom. The van der Waals surface area contributed by atoms with Crippen molar-refractivity contribution in [1.29, 1.82) is 0 Å². The molecule has 1 fully saturated rings. The minimum atomic E-state index is -0.543. The standard InChI is InChI=1S/C25H30ClN5O2/c1-4-33-23-14-21-17(13-22(23)31-10-6-9-30(3)11-12-31)24(18(15-28-21)25(27)32)29-20-8-5-7-19(26)16(20)2/h5,7-8,13-15H,4,6,9-12H2,1-3H3,(H2,27,32)(H,28,29). The minimum absolute atomic E-state index is 0.326. The summed E-state index contributed by atoms with van der Waals surface area (Å²) in [6.45, 7) is 8.31. The zero-order chi connectivity index (χ0) is 23.5. The van der Waals surface area contributed by atoms with Gasteiger partial charge in [-0.1, -0.05) is 17.7 Å². The van der Waals surface area contributed by atoms with Crippen LogP contribution in [-0.4, -0.2) is 55.6 Å². The smallest absolute Gasteiger partial charge is 0.252 e. The van der Waals surface area contributed by atoms with Gasteiger partial charge < -0.3 is 25.6 Å². The molecule has 0 radical (unpaired) electrons. The van der Waals surface area contributed by atoms with E-state index in [9.17, 15) is 4.79 Å². The number of primary amides is 1. The van der Waals surface area contributed by atoms with E-state index in [4.69, 9.17) is 22.1 Å². The predicted molar refractivity (Wildman–Crippen MR) is 135 cm³/mol. The Bertz CT molecular complexity index is 1180. The normalized spacial score (nSPS) is 14.8. The second kappa shape index (κ2) is 9.85. The Morgan fingerprint density at radius 2 is 2.06 bits per heavy atom. The van der Waals surface area contributed by atoms with Gasteiger partial charge in [0.05, 0.1) is 29.1 Å². The van der Waals surface area contributed by atoms with Crippen molar-refractivity contribution in [3.8, 4) is 5.75 Å². The van der Waals surface area contributed by atoms with E-state index in [0.717, 1.165) is 66.2 Å². The number of fused-ring (bicyclic) bond motifs is 1. The number of pyridine rings is 1. The van der Waals surface area contributed by atoms with Crippen LogP contribution in [0.2, 0.25) is 5.02 Å². The molecule has 33 heavy (non-hydrogen) atoms. The molecule has 0 unspecified atom stereocenters. The van der Waals surface area contributed by atoms with E-state index in [1.54, 1.807) is 0 Å². The Balaban J connectivity index is 1.90. The quantitative estimate of drug-likeness (QED) is 0.552. The van der Waals surface area contributed by atoms with Crippen molar-refractivity contribution in [3.05, 3.63) is 52.7 Å². The summed E-state index contributed by atoms with van der Waals surface area (Å²) in [5, 5.41) is 4.87. The third kappa shape index (κ3) is 4.84. The summed E-state index contributed by atoms with van der Waals surface area (Å²) in [6, 6.07) is 9.65. The van der Waals surface area contributed by atoms with Crippen LogP contribution in [0.1, 0.15) is 29.3 Å². The number of carbonyl (C=O) groups excluding carboxylic acids is 1. The van der Waals surface area contributed by atoms with Crippen molar-refractivity contribution in [2.24, 2.45) is 5.73 Å². The van der Waals surface area contributed by atoms with E-state index in [1.165, 1.54) is 6.20 Å². The number of rotatable bonds is 6. The Morgan fingerprint density at radius 3 is 2.82 bits per heavy atom. The number of nitrogens with two attached hydrogens (primary N) is 1. The zero-order valence-corrected chi connectivity index (χ0v) is 20.1. The van der Waals surface area contributed by atoms with Crippen molar-refractivity contribution >= 4 is 45.5 Å². The minimum Gasteiger partial charge on any atom is -0.492 e. The molecule has 7 nitrogen and oxygen atoms in total. The van der Waals surface area contributed by atoms with Crippen molar-refractivity contribution in [2.45, 2.75) is 20.3 Å². The molecule has 0 spiro atoms. The third-order valence-corrected chi connectivity index (χ3v) is 6.51. The molecule has 0 atom stereocenters. The Labute approximate surface area is 199 Å². The molecule has 4 rings (SSSR count). The molecule has 1 aliphatic rings. The molecule has 0 bridgehead atoms.